The van der Waals surface area contributed by atoms with Crippen molar-refractivity contribution in [2.24, 2.45) is 0 Å². The summed E-state index contributed by atoms with van der Waals surface area (Å²) >= 11 is -6.27. The third kappa shape index (κ3) is 2130. The molecule has 0 amide bonds. The molecule has 0 heterocycles. The predicted octanol–water partition coefficient (Wildman–Crippen LogP) is -0.633. The SMILES string of the molecule is [NH4+].[O]=[Mo](=[O])([O-])[F]. The molecule has 0 rings (SSSR count). The number of hydrogen-bond acceptors (Lipinski definition) is 3. The molecule has 4 nitrogen and oxygen atoms in total. The molecule has 0 aromatic rings. The van der Waals surface area contributed by atoms with E-state index in [2.05, 4.69) is 0 Å². The van der Waals surface area contributed by atoms with Gasteiger partial charge >= 0.3 is 30.6 Å². The second kappa shape index (κ2) is 2.34. The van der Waals surface area contributed by atoms with E-state index in [1.54, 1.807) is 0 Å². The van der Waals surface area contributed by atoms with Crippen LogP contribution >= 0.6 is 0 Å². The van der Waals surface area contributed by atoms with Crippen molar-refractivity contribution in [3.05, 3.63) is 0 Å². The average Bonchev–Trinajstić information content (AvgIpc) is 0.722. The van der Waals surface area contributed by atoms with Gasteiger partial charge in [-0.05, 0) is 0 Å². The van der Waals surface area contributed by atoms with Gasteiger partial charge in [-0.1, -0.05) is 0 Å². The third-order valence-electron chi connectivity index (χ3n) is 0. The topological polar surface area (TPSA) is 93.7 Å². The van der Waals surface area contributed by atoms with Crippen LogP contribution < -0.4 is 9.91 Å². The summed E-state index contributed by atoms with van der Waals surface area (Å²) in [4.78, 5) is 0. The third-order valence-corrected chi connectivity index (χ3v) is 0. The molecule has 6 heavy (non-hydrogen) atoms. The molecule has 0 radical (unpaired) electrons. The molecule has 40 valence electrons. The van der Waals surface area contributed by atoms with Gasteiger partial charge in [0.25, 0.3) is 0 Å². The molecular weight excluding hydrogens is 177 g/mol. The fourth-order valence-corrected chi connectivity index (χ4v) is 0. The van der Waals surface area contributed by atoms with Gasteiger partial charge in [0.2, 0.25) is 0 Å². The molecule has 0 aromatic heterocycles. The Morgan fingerprint density at radius 1 is 1.50 bits per heavy atom. The van der Waals surface area contributed by atoms with Crippen molar-refractivity contribution in [2.75, 3.05) is 0 Å². The number of rotatable bonds is 0. The normalized spacial score (nSPS) is 9.67. The molecule has 0 bridgehead atoms. The van der Waals surface area contributed by atoms with E-state index in [1.165, 1.54) is 0 Å². The first-order valence-electron chi connectivity index (χ1n) is 0.654. The summed E-state index contributed by atoms with van der Waals surface area (Å²) < 4.78 is 35.8. The van der Waals surface area contributed by atoms with Gasteiger partial charge in [-0.25, -0.2) is 0 Å². The van der Waals surface area contributed by atoms with E-state index in [9.17, 15) is 3.16 Å². The van der Waals surface area contributed by atoms with Crippen molar-refractivity contribution in [1.82, 2.24) is 6.15 Å². The molecule has 0 unspecified atom stereocenters. The summed E-state index contributed by atoms with van der Waals surface area (Å²) in [6.07, 6.45) is 0. The number of quaternary nitrogens is 1. The van der Waals surface area contributed by atoms with E-state index in [4.69, 9.17) is 10.6 Å². The number of halogens is 1. The first-order valence-corrected chi connectivity index (χ1v) is 3.87. The number of hydrogen-bond donors (Lipinski definition) is 1. The van der Waals surface area contributed by atoms with Gasteiger partial charge in [-0.2, -0.15) is 0 Å². The second-order valence-corrected chi connectivity index (χ2v) is 2.33. The van der Waals surface area contributed by atoms with Crippen LogP contribution in [0.1, 0.15) is 0 Å². The fourth-order valence-electron chi connectivity index (χ4n) is 0. The second-order valence-electron chi connectivity index (χ2n) is 0.393. The molecule has 0 aliphatic carbocycles. The van der Waals surface area contributed by atoms with E-state index in [1.807, 2.05) is 0 Å². The zero-order valence-electron chi connectivity index (χ0n) is 3.01. The van der Waals surface area contributed by atoms with Gasteiger partial charge in [0.1, 0.15) is 0 Å². The van der Waals surface area contributed by atoms with E-state index in [-0.39, 0.29) is 6.15 Å². The van der Waals surface area contributed by atoms with Crippen LogP contribution in [0.4, 0.5) is 3.16 Å². The molecule has 0 aliphatic rings. The van der Waals surface area contributed by atoms with E-state index >= 15 is 0 Å². The van der Waals surface area contributed by atoms with Crippen molar-refractivity contribution in [1.29, 1.82) is 0 Å². The van der Waals surface area contributed by atoms with Crippen LogP contribution in [0.3, 0.4) is 0 Å². The molecule has 0 aliphatic heterocycles. The summed E-state index contributed by atoms with van der Waals surface area (Å²) in [5.74, 6) is 0. The Kier molecular flexibility index (Phi) is 3.68. The molecular formula is H4FMoNO3. The van der Waals surface area contributed by atoms with Crippen LogP contribution in [-0.2, 0) is 23.7 Å². The maximum absolute atomic E-state index is 10.2. The van der Waals surface area contributed by atoms with Crippen LogP contribution in [0.15, 0.2) is 0 Å². The molecule has 4 N–H and O–H groups in total. The monoisotopic (exact) mass is 183 g/mol. The van der Waals surface area contributed by atoms with Gasteiger partial charge in [0.05, 0.1) is 0 Å². The fraction of sp³-hybridized carbons (Fsp3) is 0. The van der Waals surface area contributed by atoms with Crippen LogP contribution in [0.5, 0.6) is 0 Å². The first-order chi connectivity index (χ1) is 2.00. The standard InChI is InChI=1S/FH.Mo.H3N.3O/h1H;;1H3;;;/q;+1;;;;-1. The summed E-state index contributed by atoms with van der Waals surface area (Å²) in [6, 6.07) is 0. The predicted molar refractivity (Wildman–Crippen MR) is 8.47 cm³/mol. The van der Waals surface area contributed by atoms with Gasteiger partial charge < -0.3 is 6.15 Å². The Balaban J connectivity index is 0. The molecule has 6 heteroatoms. The van der Waals surface area contributed by atoms with Crippen LogP contribution in [0.2, 0.25) is 0 Å². The first kappa shape index (κ1) is 9.46. The van der Waals surface area contributed by atoms with Gasteiger partial charge in [0.15, 0.2) is 0 Å². The Hall–Kier alpha value is 0.138. The molecule has 0 spiro atoms. The summed E-state index contributed by atoms with van der Waals surface area (Å²) in [5.41, 5.74) is 0. The van der Waals surface area contributed by atoms with Crippen molar-refractivity contribution in [2.45, 2.75) is 0 Å². The molecule has 0 aromatic carbocycles. The molecule has 0 fully saturated rings. The Morgan fingerprint density at radius 2 is 1.50 bits per heavy atom. The van der Waals surface area contributed by atoms with Crippen molar-refractivity contribution >= 4 is 0 Å². The van der Waals surface area contributed by atoms with Crippen LogP contribution in [0, 0.1) is 0 Å². The van der Waals surface area contributed by atoms with Gasteiger partial charge in [0, 0.05) is 0 Å². The van der Waals surface area contributed by atoms with Gasteiger partial charge in [-0.3, -0.25) is 0 Å². The Labute approximate surface area is 37.5 Å². The summed E-state index contributed by atoms with van der Waals surface area (Å²) in [6.45, 7) is 0. The van der Waals surface area contributed by atoms with Crippen LogP contribution in [-0.4, -0.2) is 0 Å². The van der Waals surface area contributed by atoms with Crippen LogP contribution in [0.25, 0.3) is 0 Å². The van der Waals surface area contributed by atoms with Gasteiger partial charge in [-0.15, -0.1) is 0 Å². The quantitative estimate of drug-likeness (QED) is 0.504. The zero-order valence-corrected chi connectivity index (χ0v) is 5.02. The van der Waals surface area contributed by atoms with Crippen molar-refractivity contribution in [3.8, 4) is 0 Å². The Morgan fingerprint density at radius 3 is 1.50 bits per heavy atom. The van der Waals surface area contributed by atoms with Crippen molar-refractivity contribution < 1.29 is 30.6 Å². The molecule has 0 atom stereocenters. The molecule has 0 saturated heterocycles. The minimum absolute atomic E-state index is 0. The minimum atomic E-state index is -6.27. The average molecular weight is 181 g/mol. The van der Waals surface area contributed by atoms with E-state index < -0.39 is 16.9 Å². The Bertz CT molecular complexity index is 94.0. The summed E-state index contributed by atoms with van der Waals surface area (Å²) in [7, 11) is 0. The van der Waals surface area contributed by atoms with E-state index in [0.29, 0.717) is 0 Å². The molecule has 0 saturated carbocycles. The zero-order chi connectivity index (χ0) is 4.50. The summed E-state index contributed by atoms with van der Waals surface area (Å²) in [5, 5.41) is 0. The van der Waals surface area contributed by atoms with E-state index in [0.717, 1.165) is 0 Å². The van der Waals surface area contributed by atoms with Crippen molar-refractivity contribution in [3.63, 3.8) is 0 Å². The maximum atomic E-state index is 10.2.